The number of esters is 3. The molecule has 1 rings (SSSR count). The van der Waals surface area contributed by atoms with Crippen LogP contribution in [0.1, 0.15) is 226 Å². The van der Waals surface area contributed by atoms with E-state index >= 15 is 0 Å². The predicted octanol–water partition coefficient (Wildman–Crippen LogP) is 17.1. The zero-order valence-corrected chi connectivity index (χ0v) is 51.4. The average molecular weight is 1160 g/mol. The topological polar surface area (TPSA) is 175 Å². The van der Waals surface area contributed by atoms with E-state index in [-0.39, 0.29) is 19.3 Å². The van der Waals surface area contributed by atoms with Crippen LogP contribution in [0.3, 0.4) is 0 Å². The first-order chi connectivity index (χ1) is 40.6. The summed E-state index contributed by atoms with van der Waals surface area (Å²) >= 11 is 0. The van der Waals surface area contributed by atoms with Crippen molar-refractivity contribution >= 4 is 23.9 Å². The lowest BCUT2D eigenvalue weighted by atomic mass is 9.98. The van der Waals surface area contributed by atoms with Crippen LogP contribution in [0.25, 0.3) is 0 Å². The highest BCUT2D eigenvalue weighted by molar-refractivity contribution is 5.74. The zero-order chi connectivity index (χ0) is 60.3. The molecule has 0 spiro atoms. The molecule has 1 saturated heterocycles. The number of aliphatic hydroxyl groups excluding tert-OH is 2. The lowest BCUT2D eigenvalue weighted by Gasteiger charge is -2.40. The van der Waals surface area contributed by atoms with Crippen LogP contribution in [0.4, 0.5) is 0 Å². The summed E-state index contributed by atoms with van der Waals surface area (Å²) in [7, 11) is 0. The van der Waals surface area contributed by atoms with E-state index in [2.05, 4.69) is 142 Å². The minimum absolute atomic E-state index is 0.0146. The van der Waals surface area contributed by atoms with Crippen molar-refractivity contribution in [1.82, 2.24) is 0 Å². The first-order valence-corrected chi connectivity index (χ1v) is 31.8. The summed E-state index contributed by atoms with van der Waals surface area (Å²) < 4.78 is 28.3. The van der Waals surface area contributed by atoms with Crippen LogP contribution in [0.2, 0.25) is 0 Å². The van der Waals surface area contributed by atoms with E-state index in [0.717, 1.165) is 89.9 Å². The molecule has 0 saturated carbocycles. The Hall–Kier alpha value is -5.40. The van der Waals surface area contributed by atoms with Gasteiger partial charge >= 0.3 is 23.9 Å². The van der Waals surface area contributed by atoms with Crippen molar-refractivity contribution in [2.45, 2.75) is 263 Å². The van der Waals surface area contributed by atoms with E-state index < -0.39 is 73.9 Å². The van der Waals surface area contributed by atoms with Crippen molar-refractivity contribution in [3.63, 3.8) is 0 Å². The van der Waals surface area contributed by atoms with Crippen molar-refractivity contribution in [2.24, 2.45) is 0 Å². The summed E-state index contributed by atoms with van der Waals surface area (Å²) in [6.07, 6.45) is 69.8. The second kappa shape index (κ2) is 57.1. The number of hydrogen-bond acceptors (Lipinski definition) is 11. The van der Waals surface area contributed by atoms with Crippen molar-refractivity contribution < 1.29 is 58.2 Å². The Bertz CT molecular complexity index is 2000. The highest BCUT2D eigenvalue weighted by Crippen LogP contribution is 2.26. The van der Waals surface area contributed by atoms with Gasteiger partial charge < -0.3 is 39.0 Å². The van der Waals surface area contributed by atoms with Crippen LogP contribution < -0.4 is 0 Å². The van der Waals surface area contributed by atoms with Crippen LogP contribution in [-0.2, 0) is 42.9 Å². The van der Waals surface area contributed by atoms with Gasteiger partial charge in [0.2, 0.25) is 0 Å². The number of carbonyl (C=O) groups is 4. The number of aliphatic hydroxyl groups is 2. The number of allylic oxidation sites excluding steroid dienone is 24. The number of carboxylic acid groups (broad SMARTS) is 1. The molecule has 83 heavy (non-hydrogen) atoms. The Morgan fingerprint density at radius 2 is 0.759 bits per heavy atom. The standard InChI is InChI=1S/C71H110O12/c1-4-7-10-13-16-19-22-25-28-30-32-34-37-39-42-45-48-51-54-57-63(72)79-60-62(81-64(73)58-55-52-49-46-43-41-38-35-33-31-29-26-23-20-17-14-11-8-5-2)61-80-71-69(67(76)66(75)68(83-71)70(77)78)82-65(74)59-56-53-50-47-44-40-36-27-24-21-18-15-12-9-6-3/h7-8,10-11,16-17,19-20,25-26,28-29,32-35,39,41-43,48-49,51-52,62,66-69,71,75-76H,4-6,9,12-15,18,21-24,27,30-31,36-38,40,44-47,50,53-61H2,1-3H3,(H,77,78)/b10-7-,11-8-,19-16-,20-17-,28-25-,29-26-,34-32-,35-33-,42-39-,43-41-,51-48-,52-49-. The monoisotopic (exact) mass is 1150 g/mol. The molecule has 12 heteroatoms. The number of hydrogen-bond donors (Lipinski definition) is 3. The largest absolute Gasteiger partial charge is 0.479 e. The van der Waals surface area contributed by atoms with Crippen LogP contribution in [0.5, 0.6) is 0 Å². The Morgan fingerprint density at radius 3 is 1.13 bits per heavy atom. The van der Waals surface area contributed by atoms with Gasteiger partial charge in [-0.2, -0.15) is 0 Å². The van der Waals surface area contributed by atoms with Gasteiger partial charge in [0, 0.05) is 19.3 Å². The lowest BCUT2D eigenvalue weighted by molar-refractivity contribution is -0.301. The summed E-state index contributed by atoms with van der Waals surface area (Å²) in [5.74, 6) is -3.36. The van der Waals surface area contributed by atoms with E-state index in [1.807, 2.05) is 24.3 Å². The molecule has 466 valence electrons. The molecule has 0 aromatic carbocycles. The van der Waals surface area contributed by atoms with Gasteiger partial charge in [-0.3, -0.25) is 14.4 Å². The summed E-state index contributed by atoms with van der Waals surface area (Å²) in [5.41, 5.74) is 0. The molecular weight excluding hydrogens is 1040 g/mol. The van der Waals surface area contributed by atoms with Crippen molar-refractivity contribution in [3.8, 4) is 0 Å². The van der Waals surface area contributed by atoms with E-state index in [9.17, 15) is 34.5 Å². The molecule has 6 unspecified atom stereocenters. The molecule has 1 fully saturated rings. The molecule has 6 atom stereocenters. The Kier molecular flexibility index (Phi) is 52.0. The van der Waals surface area contributed by atoms with Crippen LogP contribution in [0, 0.1) is 0 Å². The molecule has 0 radical (unpaired) electrons. The molecule has 0 aromatic heterocycles. The SMILES string of the molecule is CC/C=C\C/C=C\C/C=C\C/C=C\C/C=C\C/C=C\CCC(=O)OCC(COC1OC(C(=O)O)C(O)C(O)C1OC(=O)CCCCCCCCCCCCCCCCC)OC(=O)CC/C=C\C/C=C\C/C=C\C/C=C\C/C=C\C/C=C\CC. The first-order valence-electron chi connectivity index (χ1n) is 31.8. The molecule has 1 aliphatic heterocycles. The fraction of sp³-hybridized carbons (Fsp3) is 0.606. The number of carboxylic acids is 1. The zero-order valence-electron chi connectivity index (χ0n) is 51.4. The van der Waals surface area contributed by atoms with Crippen LogP contribution >= 0.6 is 0 Å². The maximum absolute atomic E-state index is 13.2. The minimum Gasteiger partial charge on any atom is -0.479 e. The van der Waals surface area contributed by atoms with Gasteiger partial charge in [0.05, 0.1) is 6.61 Å². The molecule has 0 aliphatic carbocycles. The molecule has 1 heterocycles. The van der Waals surface area contributed by atoms with Gasteiger partial charge in [-0.05, 0) is 96.3 Å². The predicted molar refractivity (Wildman–Crippen MR) is 339 cm³/mol. The van der Waals surface area contributed by atoms with Crippen LogP contribution in [-0.4, -0.2) is 89.2 Å². The van der Waals surface area contributed by atoms with Gasteiger partial charge in [0.15, 0.2) is 24.6 Å². The Labute approximate surface area is 502 Å². The number of carbonyl (C=O) groups excluding carboxylic acids is 3. The van der Waals surface area contributed by atoms with Gasteiger partial charge in [0.25, 0.3) is 0 Å². The summed E-state index contributed by atoms with van der Waals surface area (Å²) in [6, 6.07) is 0. The Balaban J connectivity index is 2.78. The van der Waals surface area contributed by atoms with E-state index in [0.29, 0.717) is 32.1 Å². The summed E-state index contributed by atoms with van der Waals surface area (Å²) in [6.45, 7) is 5.64. The van der Waals surface area contributed by atoms with Crippen molar-refractivity contribution in [1.29, 1.82) is 0 Å². The average Bonchev–Trinajstić information content (AvgIpc) is 3.58. The molecule has 0 amide bonds. The minimum atomic E-state index is -1.93. The smallest absolute Gasteiger partial charge is 0.335 e. The maximum atomic E-state index is 13.2. The molecule has 0 aromatic rings. The number of aliphatic carboxylic acids is 1. The second-order valence-electron chi connectivity index (χ2n) is 20.9. The summed E-state index contributed by atoms with van der Waals surface area (Å²) in [4.78, 5) is 51.2. The molecule has 0 bridgehead atoms. The van der Waals surface area contributed by atoms with Gasteiger partial charge in [-0.15, -0.1) is 0 Å². The third-order valence-corrected chi connectivity index (χ3v) is 13.4. The van der Waals surface area contributed by atoms with Gasteiger partial charge in [-0.25, -0.2) is 4.79 Å². The Morgan fingerprint density at radius 1 is 0.410 bits per heavy atom. The van der Waals surface area contributed by atoms with Crippen molar-refractivity contribution in [2.75, 3.05) is 13.2 Å². The van der Waals surface area contributed by atoms with Gasteiger partial charge in [-0.1, -0.05) is 256 Å². The molecule has 12 nitrogen and oxygen atoms in total. The van der Waals surface area contributed by atoms with Crippen molar-refractivity contribution in [3.05, 3.63) is 146 Å². The molecule has 3 N–H and O–H groups in total. The third-order valence-electron chi connectivity index (χ3n) is 13.4. The normalized spacial score (nSPS) is 18.6. The molecule has 1 aliphatic rings. The lowest BCUT2D eigenvalue weighted by Crippen LogP contribution is -2.61. The van der Waals surface area contributed by atoms with Crippen LogP contribution in [0.15, 0.2) is 146 Å². The highest BCUT2D eigenvalue weighted by Gasteiger charge is 2.50. The first kappa shape index (κ1) is 75.6. The second-order valence-corrected chi connectivity index (χ2v) is 20.9. The maximum Gasteiger partial charge on any atom is 0.335 e. The number of unbranched alkanes of at least 4 members (excludes halogenated alkanes) is 14. The summed E-state index contributed by atoms with van der Waals surface area (Å²) in [5, 5.41) is 31.6. The fourth-order valence-electron chi connectivity index (χ4n) is 8.65. The fourth-order valence-corrected chi connectivity index (χ4v) is 8.65. The third kappa shape index (κ3) is 46.6. The number of rotatable bonds is 52. The molecular formula is C71H110O12. The van der Waals surface area contributed by atoms with Gasteiger partial charge in [0.1, 0.15) is 18.8 Å². The quantitative estimate of drug-likeness (QED) is 0.0228. The van der Waals surface area contributed by atoms with E-state index in [1.165, 1.54) is 64.2 Å². The highest BCUT2D eigenvalue weighted by atomic mass is 16.7. The van der Waals surface area contributed by atoms with E-state index in [1.54, 1.807) is 0 Å². The van der Waals surface area contributed by atoms with E-state index in [4.69, 9.17) is 23.7 Å². The number of ether oxygens (including phenoxy) is 5.